The molecule has 0 spiro atoms. The third-order valence-electron chi connectivity index (χ3n) is 5.91. The fraction of sp³-hybridized carbons (Fsp3) is 0.200. The minimum absolute atomic E-state index is 1.10. The van der Waals surface area contributed by atoms with E-state index >= 15 is 0 Å². The van der Waals surface area contributed by atoms with Crippen LogP contribution in [0.4, 0.5) is 0 Å². The van der Waals surface area contributed by atoms with Crippen LogP contribution < -0.4 is 4.90 Å². The molecule has 134 valence electrons. The number of aromatic nitrogens is 1. The summed E-state index contributed by atoms with van der Waals surface area (Å²) in [6, 6.07) is 28.4. The van der Waals surface area contributed by atoms with Crippen molar-refractivity contribution in [2.24, 2.45) is 0 Å². The Labute approximate surface area is 160 Å². The molecule has 0 radical (unpaired) electrons. The van der Waals surface area contributed by atoms with Gasteiger partial charge in [-0.05, 0) is 22.8 Å². The number of hydrogen-bond donors (Lipinski definition) is 2. The third-order valence-corrected chi connectivity index (χ3v) is 5.91. The lowest BCUT2D eigenvalue weighted by atomic mass is 9.98. The maximum Gasteiger partial charge on any atom is 0.103 e. The van der Waals surface area contributed by atoms with Crippen LogP contribution >= 0.6 is 0 Å². The van der Waals surface area contributed by atoms with E-state index in [1.807, 2.05) is 0 Å². The van der Waals surface area contributed by atoms with E-state index in [4.69, 9.17) is 0 Å². The number of benzene rings is 3. The van der Waals surface area contributed by atoms with Crippen molar-refractivity contribution < 1.29 is 4.90 Å². The summed E-state index contributed by atoms with van der Waals surface area (Å²) in [5, 5.41) is 1.37. The van der Waals surface area contributed by atoms with Gasteiger partial charge < -0.3 is 9.88 Å². The van der Waals surface area contributed by atoms with Crippen molar-refractivity contribution in [3.63, 3.8) is 0 Å². The number of para-hydroxylation sites is 1. The predicted molar refractivity (Wildman–Crippen MR) is 112 cm³/mol. The van der Waals surface area contributed by atoms with Gasteiger partial charge in [0.25, 0.3) is 0 Å². The average molecular weight is 353 g/mol. The first-order valence-electron chi connectivity index (χ1n) is 9.94. The molecule has 1 aliphatic rings. The summed E-state index contributed by atoms with van der Waals surface area (Å²) in [5.74, 6) is 0. The summed E-state index contributed by atoms with van der Waals surface area (Å²) >= 11 is 0. The number of hydrogen-bond acceptors (Lipinski definition) is 0. The molecule has 2 heterocycles. The molecule has 2 heteroatoms. The Morgan fingerprint density at radius 2 is 1.52 bits per heavy atom. The van der Waals surface area contributed by atoms with Crippen molar-refractivity contribution in [1.82, 2.24) is 4.98 Å². The Bertz CT molecular complexity index is 1060. The van der Waals surface area contributed by atoms with Crippen molar-refractivity contribution >= 4 is 10.9 Å². The molecule has 4 aromatic rings. The van der Waals surface area contributed by atoms with Gasteiger partial charge in [0.05, 0.1) is 13.1 Å². The molecule has 0 aliphatic carbocycles. The Morgan fingerprint density at radius 1 is 0.778 bits per heavy atom. The zero-order valence-electron chi connectivity index (χ0n) is 15.5. The van der Waals surface area contributed by atoms with Crippen LogP contribution in [0.15, 0.2) is 78.9 Å². The van der Waals surface area contributed by atoms with Crippen molar-refractivity contribution in [3.8, 4) is 11.3 Å². The van der Waals surface area contributed by atoms with Crippen LogP contribution in [0.5, 0.6) is 0 Å². The van der Waals surface area contributed by atoms with Gasteiger partial charge in [0.15, 0.2) is 0 Å². The summed E-state index contributed by atoms with van der Waals surface area (Å²) < 4.78 is 0. The quantitative estimate of drug-likeness (QED) is 0.553. The van der Waals surface area contributed by atoms with Gasteiger partial charge in [-0.2, -0.15) is 0 Å². The molecule has 3 aromatic carbocycles. The predicted octanol–water partition coefficient (Wildman–Crippen LogP) is 4.02. The molecule has 27 heavy (non-hydrogen) atoms. The summed E-state index contributed by atoms with van der Waals surface area (Å²) in [6.45, 7) is 3.56. The molecular weight excluding hydrogens is 328 g/mol. The zero-order valence-corrected chi connectivity index (χ0v) is 15.5. The standard InChI is InChI=1S/C25H24N2/c1-2-9-20(10-3-1)25-23(22-12-6-7-13-24(22)26-25)15-17-27-16-14-19-8-4-5-11-21(19)18-27/h1-13,26H,14-18H2/p+1. The van der Waals surface area contributed by atoms with E-state index in [-0.39, 0.29) is 0 Å². The van der Waals surface area contributed by atoms with Gasteiger partial charge in [0.2, 0.25) is 0 Å². The monoisotopic (exact) mass is 353 g/mol. The molecule has 0 saturated heterocycles. The van der Waals surface area contributed by atoms with Crippen molar-refractivity contribution in [2.45, 2.75) is 19.4 Å². The number of aromatic amines is 1. The molecular formula is C25H25N2+. The lowest BCUT2D eigenvalue weighted by molar-refractivity contribution is -0.915. The summed E-state index contributed by atoms with van der Waals surface area (Å²) in [4.78, 5) is 5.37. The molecule has 0 bridgehead atoms. The molecule has 2 N–H and O–H groups in total. The molecule has 0 amide bonds. The van der Waals surface area contributed by atoms with Crippen LogP contribution in [0.25, 0.3) is 22.2 Å². The van der Waals surface area contributed by atoms with Gasteiger partial charge in [-0.1, -0.05) is 72.8 Å². The second kappa shape index (κ2) is 7.05. The molecule has 5 rings (SSSR count). The van der Waals surface area contributed by atoms with Crippen LogP contribution in [-0.2, 0) is 19.4 Å². The maximum atomic E-state index is 3.67. The molecule has 0 saturated carbocycles. The van der Waals surface area contributed by atoms with Gasteiger partial charge in [-0.15, -0.1) is 0 Å². The molecule has 1 unspecified atom stereocenters. The fourth-order valence-electron chi connectivity index (χ4n) is 4.47. The Morgan fingerprint density at radius 3 is 2.41 bits per heavy atom. The highest BCUT2D eigenvalue weighted by atomic mass is 15.1. The maximum absolute atomic E-state index is 3.67. The minimum Gasteiger partial charge on any atom is -0.354 e. The number of quaternary nitrogens is 1. The van der Waals surface area contributed by atoms with E-state index in [0.29, 0.717) is 0 Å². The van der Waals surface area contributed by atoms with Crippen LogP contribution in [0.3, 0.4) is 0 Å². The van der Waals surface area contributed by atoms with Crippen molar-refractivity contribution in [3.05, 3.63) is 95.6 Å². The minimum atomic E-state index is 1.10. The number of rotatable bonds is 4. The van der Waals surface area contributed by atoms with E-state index in [1.54, 1.807) is 10.5 Å². The summed E-state index contributed by atoms with van der Waals surface area (Å²) in [7, 11) is 0. The molecule has 1 atom stereocenters. The van der Waals surface area contributed by atoms with Gasteiger partial charge in [0.1, 0.15) is 6.54 Å². The summed E-state index contributed by atoms with van der Waals surface area (Å²) in [5.41, 5.74) is 8.34. The van der Waals surface area contributed by atoms with Gasteiger partial charge in [-0.3, -0.25) is 0 Å². The van der Waals surface area contributed by atoms with Crippen LogP contribution in [0.2, 0.25) is 0 Å². The fourth-order valence-corrected chi connectivity index (χ4v) is 4.47. The SMILES string of the molecule is c1ccc(-c2[nH]c3ccccc3c2CC[NH+]2CCc3ccccc3C2)cc1. The largest absolute Gasteiger partial charge is 0.354 e. The first kappa shape index (κ1) is 16.3. The number of H-pyrrole nitrogens is 1. The second-order valence-electron chi connectivity index (χ2n) is 7.59. The average Bonchev–Trinajstić information content (AvgIpc) is 3.11. The smallest absolute Gasteiger partial charge is 0.103 e. The normalized spacial score (nSPS) is 16.4. The first-order chi connectivity index (χ1) is 13.4. The molecule has 0 fully saturated rings. The van der Waals surface area contributed by atoms with Gasteiger partial charge in [-0.25, -0.2) is 0 Å². The zero-order chi connectivity index (χ0) is 18.1. The lowest BCUT2D eigenvalue weighted by Crippen LogP contribution is -3.12. The Hall–Kier alpha value is -2.84. The van der Waals surface area contributed by atoms with Crippen LogP contribution in [0, 0.1) is 0 Å². The first-order valence-corrected chi connectivity index (χ1v) is 9.94. The third kappa shape index (κ3) is 3.17. The van der Waals surface area contributed by atoms with Gasteiger partial charge in [0, 0.05) is 35.0 Å². The Balaban J connectivity index is 1.43. The van der Waals surface area contributed by atoms with Crippen molar-refractivity contribution in [1.29, 1.82) is 0 Å². The Kier molecular flexibility index (Phi) is 4.27. The van der Waals surface area contributed by atoms with Crippen molar-refractivity contribution in [2.75, 3.05) is 13.1 Å². The van der Waals surface area contributed by atoms with E-state index in [1.165, 1.54) is 52.8 Å². The van der Waals surface area contributed by atoms with E-state index < -0.39 is 0 Å². The lowest BCUT2D eigenvalue weighted by Gasteiger charge is -2.26. The van der Waals surface area contributed by atoms with Gasteiger partial charge >= 0.3 is 0 Å². The van der Waals surface area contributed by atoms with E-state index in [2.05, 4.69) is 83.8 Å². The van der Waals surface area contributed by atoms with Crippen LogP contribution in [0.1, 0.15) is 16.7 Å². The molecule has 2 nitrogen and oxygen atoms in total. The van der Waals surface area contributed by atoms with E-state index in [0.717, 1.165) is 13.0 Å². The topological polar surface area (TPSA) is 20.2 Å². The van der Waals surface area contributed by atoms with Crippen LogP contribution in [-0.4, -0.2) is 18.1 Å². The molecule has 1 aromatic heterocycles. The second-order valence-corrected chi connectivity index (χ2v) is 7.59. The summed E-state index contributed by atoms with van der Waals surface area (Å²) in [6.07, 6.45) is 2.30. The number of nitrogens with one attached hydrogen (secondary N) is 2. The highest BCUT2D eigenvalue weighted by Crippen LogP contribution is 2.30. The number of fused-ring (bicyclic) bond motifs is 2. The van der Waals surface area contributed by atoms with E-state index in [9.17, 15) is 0 Å². The highest BCUT2D eigenvalue weighted by Gasteiger charge is 2.20. The molecule has 1 aliphatic heterocycles. The highest BCUT2D eigenvalue weighted by molar-refractivity contribution is 5.90.